The molecule has 0 aliphatic rings. The Morgan fingerprint density at radius 2 is 1.80 bits per heavy atom. The average Bonchev–Trinajstić information content (AvgIpc) is 2.46. The van der Waals surface area contributed by atoms with Crippen LogP contribution >= 0.6 is 0 Å². The summed E-state index contributed by atoms with van der Waals surface area (Å²) in [6, 6.07) is 5.83. The average molecular weight is 273 g/mol. The summed E-state index contributed by atoms with van der Waals surface area (Å²) in [7, 11) is 1.68. The second-order valence-electron chi connectivity index (χ2n) is 4.31. The van der Waals surface area contributed by atoms with Crippen LogP contribution in [0.5, 0.6) is 0 Å². The molecular weight excluding hydrogens is 254 g/mol. The molecule has 2 N–H and O–H groups in total. The van der Waals surface area contributed by atoms with E-state index < -0.39 is 0 Å². The Morgan fingerprint density at radius 3 is 2.50 bits per heavy atom. The minimum atomic E-state index is 0.642. The van der Waals surface area contributed by atoms with Gasteiger partial charge in [-0.1, -0.05) is 0 Å². The third kappa shape index (κ3) is 4.47. The zero-order chi connectivity index (χ0) is 14.2. The summed E-state index contributed by atoms with van der Waals surface area (Å²) in [5.41, 5.74) is 1.16. The van der Waals surface area contributed by atoms with Crippen LogP contribution in [0.3, 0.4) is 0 Å². The maximum Gasteiger partial charge on any atom is 0.132 e. The fourth-order valence-corrected chi connectivity index (χ4v) is 1.72. The number of nitrogens with one attached hydrogen (secondary N) is 2. The van der Waals surface area contributed by atoms with E-state index in [4.69, 9.17) is 4.74 Å². The van der Waals surface area contributed by atoms with Gasteiger partial charge in [-0.25, -0.2) is 9.97 Å². The Bertz CT molecular complexity index is 532. The lowest BCUT2D eigenvalue weighted by atomic mass is 10.3. The monoisotopic (exact) mass is 273 g/mol. The molecule has 0 fully saturated rings. The van der Waals surface area contributed by atoms with Gasteiger partial charge in [-0.15, -0.1) is 0 Å². The SMILES string of the molecule is COCCNc1cc(NCc2ccncc2)nc(C)n1. The highest BCUT2D eigenvalue weighted by atomic mass is 16.5. The third-order valence-electron chi connectivity index (χ3n) is 2.67. The zero-order valence-corrected chi connectivity index (χ0v) is 11.8. The Morgan fingerprint density at radius 1 is 1.10 bits per heavy atom. The van der Waals surface area contributed by atoms with Crippen molar-refractivity contribution in [1.29, 1.82) is 0 Å². The smallest absolute Gasteiger partial charge is 0.132 e. The van der Waals surface area contributed by atoms with Crippen molar-refractivity contribution in [3.8, 4) is 0 Å². The van der Waals surface area contributed by atoms with E-state index in [1.807, 2.05) is 25.1 Å². The number of hydrogen-bond acceptors (Lipinski definition) is 6. The number of anilines is 2. The quantitative estimate of drug-likeness (QED) is 0.750. The summed E-state index contributed by atoms with van der Waals surface area (Å²) in [6.45, 7) is 3.94. The standard InChI is InChI=1S/C14H19N5O/c1-11-18-13(16-7-8-20-2)9-14(19-11)17-10-12-3-5-15-6-4-12/h3-6,9H,7-8,10H2,1-2H3,(H2,16,17,18,19). The van der Waals surface area contributed by atoms with Gasteiger partial charge in [0.2, 0.25) is 0 Å². The number of pyridine rings is 1. The number of methoxy groups -OCH3 is 1. The molecule has 0 saturated carbocycles. The van der Waals surface area contributed by atoms with Gasteiger partial charge in [0.25, 0.3) is 0 Å². The molecule has 0 atom stereocenters. The molecule has 0 saturated heterocycles. The van der Waals surface area contributed by atoms with Crippen molar-refractivity contribution < 1.29 is 4.74 Å². The number of hydrogen-bond donors (Lipinski definition) is 2. The van der Waals surface area contributed by atoms with Gasteiger partial charge in [-0.05, 0) is 24.6 Å². The first-order chi connectivity index (χ1) is 9.78. The van der Waals surface area contributed by atoms with E-state index in [1.165, 1.54) is 0 Å². The molecule has 106 valence electrons. The summed E-state index contributed by atoms with van der Waals surface area (Å²) >= 11 is 0. The first kappa shape index (κ1) is 14.2. The van der Waals surface area contributed by atoms with Crippen LogP contribution in [-0.2, 0) is 11.3 Å². The molecule has 0 aliphatic carbocycles. The van der Waals surface area contributed by atoms with E-state index in [2.05, 4.69) is 25.6 Å². The second-order valence-corrected chi connectivity index (χ2v) is 4.31. The van der Waals surface area contributed by atoms with Crippen LogP contribution in [0.2, 0.25) is 0 Å². The molecule has 0 radical (unpaired) electrons. The predicted octanol–water partition coefficient (Wildman–Crippen LogP) is 1.85. The van der Waals surface area contributed by atoms with Crippen molar-refractivity contribution in [2.75, 3.05) is 30.9 Å². The molecule has 0 bridgehead atoms. The van der Waals surface area contributed by atoms with Crippen LogP contribution in [0.1, 0.15) is 11.4 Å². The fraction of sp³-hybridized carbons (Fsp3) is 0.357. The predicted molar refractivity (Wildman–Crippen MR) is 78.7 cm³/mol. The van der Waals surface area contributed by atoms with E-state index in [-0.39, 0.29) is 0 Å². The van der Waals surface area contributed by atoms with E-state index >= 15 is 0 Å². The Kier molecular flexibility index (Phi) is 5.25. The minimum Gasteiger partial charge on any atom is -0.383 e. The molecule has 6 heteroatoms. The molecular formula is C14H19N5O. The summed E-state index contributed by atoms with van der Waals surface area (Å²) in [6.07, 6.45) is 3.56. The molecule has 0 unspecified atom stereocenters. The van der Waals surface area contributed by atoms with Crippen molar-refractivity contribution in [2.45, 2.75) is 13.5 Å². The molecule has 2 heterocycles. The number of aryl methyl sites for hydroxylation is 1. The maximum atomic E-state index is 5.00. The van der Waals surface area contributed by atoms with Crippen molar-refractivity contribution in [3.05, 3.63) is 42.0 Å². The summed E-state index contributed by atoms with van der Waals surface area (Å²) in [4.78, 5) is 12.7. The number of rotatable bonds is 7. The lowest BCUT2D eigenvalue weighted by Crippen LogP contribution is -2.11. The molecule has 0 amide bonds. The molecule has 0 spiro atoms. The van der Waals surface area contributed by atoms with Gasteiger partial charge in [0.15, 0.2) is 0 Å². The first-order valence-corrected chi connectivity index (χ1v) is 6.49. The normalized spacial score (nSPS) is 10.3. The highest BCUT2D eigenvalue weighted by molar-refractivity contribution is 5.47. The van der Waals surface area contributed by atoms with Gasteiger partial charge in [-0.3, -0.25) is 4.98 Å². The molecule has 6 nitrogen and oxygen atoms in total. The largest absolute Gasteiger partial charge is 0.383 e. The summed E-state index contributed by atoms with van der Waals surface area (Å²) in [5, 5.41) is 6.48. The van der Waals surface area contributed by atoms with Crippen molar-refractivity contribution in [2.24, 2.45) is 0 Å². The molecule has 2 aromatic rings. The number of ether oxygens (including phenoxy) is 1. The number of nitrogens with zero attached hydrogens (tertiary/aromatic N) is 3. The molecule has 0 aromatic carbocycles. The van der Waals surface area contributed by atoms with Crippen LogP contribution in [-0.4, -0.2) is 35.2 Å². The zero-order valence-electron chi connectivity index (χ0n) is 11.8. The lowest BCUT2D eigenvalue weighted by Gasteiger charge is -2.10. The van der Waals surface area contributed by atoms with Crippen LogP contribution in [0.15, 0.2) is 30.6 Å². The van der Waals surface area contributed by atoms with Gasteiger partial charge in [0.1, 0.15) is 17.5 Å². The van der Waals surface area contributed by atoms with E-state index in [1.54, 1.807) is 19.5 Å². The van der Waals surface area contributed by atoms with Gasteiger partial charge in [0.05, 0.1) is 6.61 Å². The Hall–Kier alpha value is -2.21. The van der Waals surface area contributed by atoms with Crippen LogP contribution < -0.4 is 10.6 Å². The Balaban J connectivity index is 1.97. The summed E-state index contributed by atoms with van der Waals surface area (Å²) in [5.74, 6) is 2.32. The van der Waals surface area contributed by atoms with Crippen molar-refractivity contribution >= 4 is 11.6 Å². The topological polar surface area (TPSA) is 72.0 Å². The maximum absolute atomic E-state index is 5.00. The fourth-order valence-electron chi connectivity index (χ4n) is 1.72. The van der Waals surface area contributed by atoms with E-state index in [0.29, 0.717) is 13.2 Å². The van der Waals surface area contributed by atoms with E-state index in [9.17, 15) is 0 Å². The number of aromatic nitrogens is 3. The van der Waals surface area contributed by atoms with Crippen molar-refractivity contribution in [3.63, 3.8) is 0 Å². The summed E-state index contributed by atoms with van der Waals surface area (Å²) < 4.78 is 5.00. The molecule has 2 rings (SSSR count). The van der Waals surface area contributed by atoms with Crippen molar-refractivity contribution in [1.82, 2.24) is 15.0 Å². The molecule has 2 aromatic heterocycles. The lowest BCUT2D eigenvalue weighted by molar-refractivity contribution is 0.210. The minimum absolute atomic E-state index is 0.642. The highest BCUT2D eigenvalue weighted by Gasteiger charge is 2.01. The van der Waals surface area contributed by atoms with Crippen LogP contribution in [0.25, 0.3) is 0 Å². The van der Waals surface area contributed by atoms with E-state index in [0.717, 1.165) is 29.6 Å². The van der Waals surface area contributed by atoms with Gasteiger partial charge in [0, 0.05) is 38.7 Å². The Labute approximate surface area is 118 Å². The van der Waals surface area contributed by atoms with Crippen LogP contribution in [0.4, 0.5) is 11.6 Å². The molecule has 0 aliphatic heterocycles. The molecule has 20 heavy (non-hydrogen) atoms. The van der Waals surface area contributed by atoms with Gasteiger partial charge >= 0.3 is 0 Å². The van der Waals surface area contributed by atoms with Crippen LogP contribution in [0, 0.1) is 6.92 Å². The highest BCUT2D eigenvalue weighted by Crippen LogP contribution is 2.12. The van der Waals surface area contributed by atoms with Gasteiger partial charge < -0.3 is 15.4 Å². The third-order valence-corrected chi connectivity index (χ3v) is 2.67. The second kappa shape index (κ2) is 7.40. The van der Waals surface area contributed by atoms with Gasteiger partial charge in [-0.2, -0.15) is 0 Å². The first-order valence-electron chi connectivity index (χ1n) is 6.49.